The lowest BCUT2D eigenvalue weighted by molar-refractivity contribution is 0.0487. The number of guanidine groups is 1. The molecule has 0 aromatic heterocycles. The SMILES string of the molecule is CCc1ccc(NC(N)=NCCOC2CCCCCC2)cc1.I. The van der Waals surface area contributed by atoms with Gasteiger partial charge in [-0.15, -0.1) is 24.0 Å². The number of halogens is 1. The maximum atomic E-state index is 5.90. The first-order valence-corrected chi connectivity index (χ1v) is 8.55. The number of benzene rings is 1. The monoisotopic (exact) mass is 431 g/mol. The Balaban J connectivity index is 0.00000264. The molecule has 1 aliphatic carbocycles. The standard InChI is InChI=1S/C18H29N3O.HI/c1-2-15-9-11-16(12-10-15)21-18(19)20-13-14-22-17-7-5-3-4-6-8-17;/h9-12,17H,2-8,13-14H2,1H3,(H3,19,20,21);1H. The van der Waals surface area contributed by atoms with Crippen LogP contribution in [0.1, 0.15) is 51.0 Å². The number of hydrogen-bond acceptors (Lipinski definition) is 2. The number of aryl methyl sites for hydroxylation is 1. The number of hydrogen-bond donors (Lipinski definition) is 2. The Morgan fingerprint density at radius 3 is 2.43 bits per heavy atom. The van der Waals surface area contributed by atoms with Crippen LogP contribution in [0, 0.1) is 0 Å². The number of ether oxygens (including phenoxy) is 1. The lowest BCUT2D eigenvalue weighted by Crippen LogP contribution is -2.24. The zero-order valence-corrected chi connectivity index (χ0v) is 16.4. The number of nitrogens with one attached hydrogen (secondary N) is 1. The lowest BCUT2D eigenvalue weighted by atomic mass is 10.1. The van der Waals surface area contributed by atoms with Crippen molar-refractivity contribution in [1.82, 2.24) is 0 Å². The molecule has 3 N–H and O–H groups in total. The molecule has 0 atom stereocenters. The fraction of sp³-hybridized carbons (Fsp3) is 0.611. The Labute approximate surface area is 157 Å². The van der Waals surface area contributed by atoms with Gasteiger partial charge in [0.1, 0.15) is 0 Å². The summed E-state index contributed by atoms with van der Waals surface area (Å²) in [6, 6.07) is 8.27. The van der Waals surface area contributed by atoms with Crippen LogP contribution in [0.15, 0.2) is 29.3 Å². The fourth-order valence-corrected chi connectivity index (χ4v) is 2.81. The summed E-state index contributed by atoms with van der Waals surface area (Å²) in [6.45, 7) is 3.41. The third-order valence-electron chi connectivity index (χ3n) is 4.16. The van der Waals surface area contributed by atoms with Crippen LogP contribution in [0.2, 0.25) is 0 Å². The van der Waals surface area contributed by atoms with Gasteiger partial charge in [-0.1, -0.05) is 44.7 Å². The first kappa shape index (κ1) is 20.2. The Morgan fingerprint density at radius 1 is 1.17 bits per heavy atom. The Kier molecular flexibility index (Phi) is 10.3. The van der Waals surface area contributed by atoms with Crippen LogP contribution in [0.25, 0.3) is 0 Å². The molecule has 1 saturated carbocycles. The largest absolute Gasteiger partial charge is 0.376 e. The Morgan fingerprint density at radius 2 is 1.83 bits per heavy atom. The maximum absolute atomic E-state index is 5.90. The lowest BCUT2D eigenvalue weighted by Gasteiger charge is -2.14. The molecule has 0 amide bonds. The quantitative estimate of drug-likeness (QED) is 0.232. The topological polar surface area (TPSA) is 59.6 Å². The van der Waals surface area contributed by atoms with Crippen LogP contribution >= 0.6 is 24.0 Å². The van der Waals surface area contributed by atoms with E-state index in [2.05, 4.69) is 29.4 Å². The van der Waals surface area contributed by atoms with Crippen molar-refractivity contribution in [3.63, 3.8) is 0 Å². The van der Waals surface area contributed by atoms with Gasteiger partial charge in [-0.2, -0.15) is 0 Å². The number of nitrogens with zero attached hydrogens (tertiary/aromatic N) is 1. The average molecular weight is 431 g/mol. The first-order chi connectivity index (χ1) is 10.8. The van der Waals surface area contributed by atoms with Gasteiger partial charge in [0.2, 0.25) is 0 Å². The summed E-state index contributed by atoms with van der Waals surface area (Å²) in [6.07, 6.45) is 9.16. The second-order valence-electron chi connectivity index (χ2n) is 5.93. The highest BCUT2D eigenvalue weighted by atomic mass is 127. The molecule has 0 saturated heterocycles. The van der Waals surface area contributed by atoms with Gasteiger partial charge in [0.15, 0.2) is 5.96 Å². The predicted octanol–water partition coefficient (Wildman–Crippen LogP) is 4.33. The molecule has 0 bridgehead atoms. The van der Waals surface area contributed by atoms with E-state index in [0.717, 1.165) is 12.1 Å². The molecular weight excluding hydrogens is 401 g/mol. The summed E-state index contributed by atoms with van der Waals surface area (Å²) in [5.74, 6) is 0.453. The average Bonchev–Trinajstić information content (AvgIpc) is 2.81. The van der Waals surface area contributed by atoms with Crippen LogP contribution in [-0.4, -0.2) is 25.2 Å². The molecule has 1 aromatic carbocycles. The molecule has 0 aliphatic heterocycles. The summed E-state index contributed by atoms with van der Waals surface area (Å²) < 4.78 is 5.90. The van der Waals surface area contributed by atoms with Crippen LogP contribution in [0.4, 0.5) is 5.69 Å². The summed E-state index contributed by atoms with van der Waals surface area (Å²) in [4.78, 5) is 4.33. The summed E-state index contributed by atoms with van der Waals surface area (Å²) in [5.41, 5.74) is 8.20. The third kappa shape index (κ3) is 8.01. The van der Waals surface area contributed by atoms with Gasteiger partial charge in [-0.05, 0) is 37.0 Å². The van der Waals surface area contributed by atoms with Crippen molar-refractivity contribution >= 4 is 35.6 Å². The molecule has 1 fully saturated rings. The van der Waals surface area contributed by atoms with E-state index in [1.165, 1.54) is 44.1 Å². The second kappa shape index (κ2) is 11.7. The highest BCUT2D eigenvalue weighted by molar-refractivity contribution is 14.0. The smallest absolute Gasteiger partial charge is 0.193 e. The van der Waals surface area contributed by atoms with Crippen molar-refractivity contribution < 1.29 is 4.74 Å². The molecule has 0 spiro atoms. The van der Waals surface area contributed by atoms with Crippen LogP contribution in [0.5, 0.6) is 0 Å². The van der Waals surface area contributed by atoms with Crippen molar-refractivity contribution in [1.29, 1.82) is 0 Å². The molecule has 2 rings (SSSR count). The van der Waals surface area contributed by atoms with Gasteiger partial charge in [-0.25, -0.2) is 0 Å². The summed E-state index contributed by atoms with van der Waals surface area (Å²) in [5, 5.41) is 3.11. The van der Waals surface area contributed by atoms with Crippen molar-refractivity contribution in [3.8, 4) is 0 Å². The summed E-state index contributed by atoms with van der Waals surface area (Å²) >= 11 is 0. The minimum Gasteiger partial charge on any atom is -0.376 e. The first-order valence-electron chi connectivity index (χ1n) is 8.55. The molecule has 5 heteroatoms. The molecular formula is C18H30IN3O. The van der Waals surface area contributed by atoms with E-state index in [1.807, 2.05) is 12.1 Å². The number of anilines is 1. The van der Waals surface area contributed by atoms with Crippen molar-refractivity contribution in [2.24, 2.45) is 10.7 Å². The molecule has 1 aliphatic rings. The van der Waals surface area contributed by atoms with Crippen molar-refractivity contribution in [3.05, 3.63) is 29.8 Å². The molecule has 23 heavy (non-hydrogen) atoms. The zero-order chi connectivity index (χ0) is 15.6. The van der Waals surface area contributed by atoms with Crippen LogP contribution < -0.4 is 11.1 Å². The van der Waals surface area contributed by atoms with Gasteiger partial charge < -0.3 is 15.8 Å². The van der Waals surface area contributed by atoms with E-state index < -0.39 is 0 Å². The van der Waals surface area contributed by atoms with Crippen molar-refractivity contribution in [2.75, 3.05) is 18.5 Å². The predicted molar refractivity (Wildman–Crippen MR) is 109 cm³/mol. The highest BCUT2D eigenvalue weighted by Gasteiger charge is 2.11. The Bertz CT molecular complexity index is 454. The van der Waals surface area contributed by atoms with Gasteiger partial charge >= 0.3 is 0 Å². The van der Waals surface area contributed by atoms with E-state index in [4.69, 9.17) is 10.5 Å². The highest BCUT2D eigenvalue weighted by Crippen LogP contribution is 2.19. The Hall–Kier alpha value is -0.820. The molecule has 130 valence electrons. The molecule has 1 aromatic rings. The zero-order valence-electron chi connectivity index (χ0n) is 14.1. The number of aliphatic imine (C=N–C) groups is 1. The van der Waals surface area contributed by atoms with E-state index >= 15 is 0 Å². The molecule has 0 heterocycles. The van der Waals surface area contributed by atoms with Gasteiger partial charge in [-0.3, -0.25) is 4.99 Å². The maximum Gasteiger partial charge on any atom is 0.193 e. The van der Waals surface area contributed by atoms with Crippen LogP contribution in [-0.2, 0) is 11.2 Å². The minimum absolute atomic E-state index is 0. The van der Waals surface area contributed by atoms with Crippen LogP contribution in [0.3, 0.4) is 0 Å². The molecule has 0 radical (unpaired) electrons. The van der Waals surface area contributed by atoms with E-state index in [1.54, 1.807) is 0 Å². The molecule has 4 nitrogen and oxygen atoms in total. The second-order valence-corrected chi connectivity index (χ2v) is 5.93. The summed E-state index contributed by atoms with van der Waals surface area (Å²) in [7, 11) is 0. The third-order valence-corrected chi connectivity index (χ3v) is 4.16. The fourth-order valence-electron chi connectivity index (χ4n) is 2.81. The number of rotatable bonds is 6. The van der Waals surface area contributed by atoms with Gasteiger partial charge in [0.05, 0.1) is 19.3 Å². The van der Waals surface area contributed by atoms with E-state index in [0.29, 0.717) is 25.2 Å². The number of nitrogens with two attached hydrogens (primary N) is 1. The van der Waals surface area contributed by atoms with Crippen molar-refractivity contribution in [2.45, 2.75) is 58.0 Å². The van der Waals surface area contributed by atoms with E-state index in [-0.39, 0.29) is 24.0 Å². The normalized spacial score (nSPS) is 16.5. The van der Waals surface area contributed by atoms with Gasteiger partial charge in [0.25, 0.3) is 0 Å². The minimum atomic E-state index is 0. The van der Waals surface area contributed by atoms with E-state index in [9.17, 15) is 0 Å². The molecule has 0 unspecified atom stereocenters. The van der Waals surface area contributed by atoms with Gasteiger partial charge in [0, 0.05) is 5.69 Å².